The Morgan fingerprint density at radius 2 is 1.22 bits per heavy atom. The molecule has 50 heavy (non-hydrogen) atoms. The van der Waals surface area contributed by atoms with Gasteiger partial charge in [-0.15, -0.1) is 0 Å². The average Bonchev–Trinajstić information content (AvgIpc) is 3.47. The molecule has 284 valence electrons. The van der Waals surface area contributed by atoms with Crippen LogP contribution in [0.4, 0.5) is 0 Å². The molecule has 0 amide bonds. The maximum absolute atomic E-state index is 13.7. The molecule has 6 N–H and O–H groups in total. The maximum Gasteiger partial charge on any atom is 0.337 e. The smallest absolute Gasteiger partial charge is 0.337 e. The number of Topliss-reactive ketones (excluding diaryl/α,β-unsaturated/α-hetero) is 1. The van der Waals surface area contributed by atoms with Crippen molar-refractivity contribution >= 4 is 17.7 Å². The number of hydrogen-bond donors (Lipinski definition) is 6. The summed E-state index contributed by atoms with van der Waals surface area (Å²) >= 11 is 0. The second-order valence-corrected chi connectivity index (χ2v) is 16.0. The quantitative estimate of drug-likeness (QED) is 0.139. The Bertz CT molecular complexity index is 1260. The van der Waals surface area contributed by atoms with Crippen LogP contribution in [0.15, 0.2) is 0 Å². The molecule has 2 aliphatic heterocycles. The van der Waals surface area contributed by atoms with Gasteiger partial charge in [-0.25, -0.2) is 9.59 Å². The minimum absolute atomic E-state index is 0.0572. The molecule has 15 heteroatoms. The fourth-order valence-electron chi connectivity index (χ4n) is 10.9. The van der Waals surface area contributed by atoms with E-state index < -0.39 is 73.4 Å². The first-order chi connectivity index (χ1) is 23.7. The van der Waals surface area contributed by atoms with Crippen LogP contribution in [0.25, 0.3) is 0 Å². The molecule has 0 aromatic rings. The van der Waals surface area contributed by atoms with Crippen LogP contribution in [0.1, 0.15) is 71.6 Å². The summed E-state index contributed by atoms with van der Waals surface area (Å²) in [7, 11) is 2.26. The molecule has 9 unspecified atom stereocenters. The summed E-state index contributed by atoms with van der Waals surface area (Å²) < 4.78 is 32.2. The molecule has 4 saturated carbocycles. The molecule has 0 spiro atoms. The van der Waals surface area contributed by atoms with Crippen LogP contribution in [-0.2, 0) is 42.8 Å². The largest absolute Gasteiger partial charge is 0.467 e. The van der Waals surface area contributed by atoms with E-state index in [9.17, 15) is 45.0 Å². The number of carbonyl (C=O) groups is 3. The summed E-state index contributed by atoms with van der Waals surface area (Å²) in [5.41, 5.74) is -0.168. The van der Waals surface area contributed by atoms with Crippen LogP contribution in [0.3, 0.4) is 0 Å². The van der Waals surface area contributed by atoms with Crippen molar-refractivity contribution in [2.45, 2.75) is 139 Å². The number of carbonyl (C=O) groups excluding carboxylic acids is 3. The first-order valence-electron chi connectivity index (χ1n) is 18.0. The molecule has 6 rings (SSSR count). The number of aliphatic hydroxyl groups is 6. The second-order valence-electron chi connectivity index (χ2n) is 16.0. The maximum atomic E-state index is 13.7. The van der Waals surface area contributed by atoms with Gasteiger partial charge in [0.25, 0.3) is 0 Å². The minimum atomic E-state index is -1.72. The lowest BCUT2D eigenvalue weighted by molar-refractivity contribution is -0.310. The van der Waals surface area contributed by atoms with Gasteiger partial charge in [-0.1, -0.05) is 13.8 Å². The van der Waals surface area contributed by atoms with E-state index in [0.717, 1.165) is 65.6 Å². The Morgan fingerprint density at radius 3 is 1.84 bits per heavy atom. The molecule has 6 aliphatic rings. The third-order valence-electron chi connectivity index (χ3n) is 13.7. The fraction of sp³-hybridized carbons (Fsp3) is 0.914. The molecule has 6 fully saturated rings. The van der Waals surface area contributed by atoms with Crippen molar-refractivity contribution < 1.29 is 73.4 Å². The van der Waals surface area contributed by atoms with E-state index in [0.29, 0.717) is 30.1 Å². The van der Waals surface area contributed by atoms with E-state index in [1.165, 1.54) is 0 Å². The van der Waals surface area contributed by atoms with Gasteiger partial charge in [0, 0.05) is 5.92 Å². The summed E-state index contributed by atoms with van der Waals surface area (Å²) in [6.07, 6.45) is -8.08. The summed E-state index contributed by atoms with van der Waals surface area (Å²) in [5.74, 6) is -0.515. The summed E-state index contributed by atoms with van der Waals surface area (Å²) in [4.78, 5) is 37.9. The lowest BCUT2D eigenvalue weighted by Crippen LogP contribution is -2.61. The lowest BCUT2D eigenvalue weighted by atomic mass is 9.44. The zero-order valence-corrected chi connectivity index (χ0v) is 29.2. The van der Waals surface area contributed by atoms with Gasteiger partial charge in [0.05, 0.1) is 20.3 Å². The van der Waals surface area contributed by atoms with Crippen molar-refractivity contribution in [3.8, 4) is 0 Å². The van der Waals surface area contributed by atoms with E-state index in [1.54, 1.807) is 0 Å². The molecule has 2 saturated heterocycles. The van der Waals surface area contributed by atoms with Crippen LogP contribution < -0.4 is 0 Å². The predicted molar refractivity (Wildman–Crippen MR) is 168 cm³/mol. The van der Waals surface area contributed by atoms with E-state index in [-0.39, 0.29) is 35.2 Å². The number of ether oxygens (including phenoxy) is 6. The number of fused-ring (bicyclic) bond motifs is 5. The molecular formula is C35H54O15. The zero-order valence-electron chi connectivity index (χ0n) is 29.2. The number of ketones is 1. The van der Waals surface area contributed by atoms with Gasteiger partial charge in [0.15, 0.2) is 30.6 Å². The molecule has 18 atom stereocenters. The lowest BCUT2D eigenvalue weighted by Gasteiger charge is -2.61. The number of aliphatic hydroxyl groups excluding tert-OH is 6. The van der Waals surface area contributed by atoms with E-state index >= 15 is 0 Å². The highest BCUT2D eigenvalue weighted by molar-refractivity contribution is 5.83. The normalized spacial score (nSPS) is 50.4. The van der Waals surface area contributed by atoms with Gasteiger partial charge in [0.1, 0.15) is 43.2 Å². The predicted octanol–water partition coefficient (Wildman–Crippen LogP) is -0.423. The number of methoxy groups -OCH3 is 2. The van der Waals surface area contributed by atoms with E-state index in [1.807, 2.05) is 0 Å². The monoisotopic (exact) mass is 714 g/mol. The molecule has 15 nitrogen and oxygen atoms in total. The number of rotatable bonds is 8. The molecule has 0 aromatic heterocycles. The molecular weight excluding hydrogens is 660 g/mol. The van der Waals surface area contributed by atoms with Crippen molar-refractivity contribution in [1.82, 2.24) is 0 Å². The SMILES string of the molecule is COC(=O)C1O[C@@H](O[C@@H]2CCC3(C)C(CCC4C3CCC3(C)C(C(=O)CO[C@H]5OC(C(=O)OC)[C@H](O)[C@@H](O)[C@@H]5O)CCC43)C2)[C@H](O)[C@@H](O)[C@@H]1O. The highest BCUT2D eigenvalue weighted by Crippen LogP contribution is 2.67. The highest BCUT2D eigenvalue weighted by Gasteiger charge is 2.62. The molecule has 4 aliphatic carbocycles. The zero-order chi connectivity index (χ0) is 36.3. The van der Waals surface area contributed by atoms with Gasteiger partial charge >= 0.3 is 11.9 Å². The van der Waals surface area contributed by atoms with Crippen molar-refractivity contribution in [2.24, 2.45) is 40.4 Å². The Hall–Kier alpha value is -1.79. The van der Waals surface area contributed by atoms with Crippen LogP contribution in [0.5, 0.6) is 0 Å². The van der Waals surface area contributed by atoms with Crippen molar-refractivity contribution in [2.75, 3.05) is 20.8 Å². The summed E-state index contributed by atoms with van der Waals surface area (Å²) in [5, 5.41) is 62.1. The Morgan fingerprint density at radius 1 is 0.660 bits per heavy atom. The van der Waals surface area contributed by atoms with Gasteiger partial charge in [-0.05, 0) is 92.3 Å². The molecule has 0 aromatic carbocycles. The van der Waals surface area contributed by atoms with Crippen molar-refractivity contribution in [3.63, 3.8) is 0 Å². The topological polar surface area (TPSA) is 228 Å². The third-order valence-corrected chi connectivity index (χ3v) is 13.7. The fourth-order valence-corrected chi connectivity index (χ4v) is 10.9. The first kappa shape index (κ1) is 38.0. The Labute approximate surface area is 291 Å². The molecule has 0 radical (unpaired) electrons. The van der Waals surface area contributed by atoms with Gasteiger partial charge in [0.2, 0.25) is 0 Å². The first-order valence-corrected chi connectivity index (χ1v) is 18.0. The van der Waals surface area contributed by atoms with Crippen molar-refractivity contribution in [1.29, 1.82) is 0 Å². The number of esters is 2. The second kappa shape index (κ2) is 14.6. The molecule has 2 heterocycles. The van der Waals surface area contributed by atoms with E-state index in [2.05, 4.69) is 18.6 Å². The Kier molecular flexibility index (Phi) is 11.1. The number of hydrogen-bond acceptors (Lipinski definition) is 15. The minimum Gasteiger partial charge on any atom is -0.467 e. The standard InChI is InChI=1S/C35H54O15/c1-34-11-9-16(48-33-27(42)23(38)25(40)29(50-33)31(44)46-4)13-15(34)5-6-17-18-7-8-20(35(18,2)12-10-19(17)34)21(36)14-47-32-26(41)22(37)24(39)28(49-32)30(43)45-3/h15-20,22-29,32-33,37-42H,5-14H2,1-4H3/t15?,16-,17?,18?,19?,20?,22-,23+,24-,25+,26+,27-,28?,29?,32+,33-,34?,35?/m1/s1. The van der Waals surface area contributed by atoms with Gasteiger partial charge in [-0.2, -0.15) is 0 Å². The van der Waals surface area contributed by atoms with E-state index in [4.69, 9.17) is 23.7 Å². The van der Waals surface area contributed by atoms with Crippen LogP contribution in [0, 0.1) is 40.4 Å². The summed E-state index contributed by atoms with van der Waals surface area (Å²) in [6, 6.07) is 0. The molecule has 0 bridgehead atoms. The van der Waals surface area contributed by atoms with Crippen LogP contribution in [0.2, 0.25) is 0 Å². The highest BCUT2D eigenvalue weighted by atomic mass is 16.7. The third kappa shape index (κ3) is 6.43. The average molecular weight is 715 g/mol. The Balaban J connectivity index is 1.06. The van der Waals surface area contributed by atoms with Gasteiger partial charge in [-0.3, -0.25) is 4.79 Å². The van der Waals surface area contributed by atoms with Crippen LogP contribution in [-0.4, -0.2) is 137 Å². The summed E-state index contributed by atoms with van der Waals surface area (Å²) in [6.45, 7) is 4.22. The van der Waals surface area contributed by atoms with Gasteiger partial charge < -0.3 is 59.1 Å². The van der Waals surface area contributed by atoms with Crippen molar-refractivity contribution in [3.05, 3.63) is 0 Å². The van der Waals surface area contributed by atoms with Crippen LogP contribution >= 0.6 is 0 Å².